The van der Waals surface area contributed by atoms with E-state index in [9.17, 15) is 14.4 Å². The molecule has 0 bridgehead atoms. The van der Waals surface area contributed by atoms with Crippen molar-refractivity contribution in [3.05, 3.63) is 53.1 Å². The number of hydrogen-bond donors (Lipinski definition) is 3. The van der Waals surface area contributed by atoms with Crippen molar-refractivity contribution in [3.63, 3.8) is 0 Å². The summed E-state index contributed by atoms with van der Waals surface area (Å²) >= 11 is 0. The molecule has 25 heavy (non-hydrogen) atoms. The highest BCUT2D eigenvalue weighted by molar-refractivity contribution is 6.06. The second-order valence-corrected chi connectivity index (χ2v) is 4.93. The molecule has 0 fully saturated rings. The first-order valence-electron chi connectivity index (χ1n) is 7.00. The molecule has 0 aliphatic heterocycles. The first-order valence-corrected chi connectivity index (χ1v) is 7.00. The van der Waals surface area contributed by atoms with Crippen molar-refractivity contribution in [2.45, 2.75) is 0 Å². The molecule has 2 aromatic rings. The molecule has 130 valence electrons. The molecular weight excluding hydrogens is 330 g/mol. The summed E-state index contributed by atoms with van der Waals surface area (Å²) in [6.07, 6.45) is 0. The van der Waals surface area contributed by atoms with Crippen molar-refractivity contribution in [1.82, 2.24) is 0 Å². The van der Waals surface area contributed by atoms with Crippen LogP contribution in [-0.2, 0) is 0 Å². The van der Waals surface area contributed by atoms with Crippen LogP contribution in [0.25, 0.3) is 0 Å². The van der Waals surface area contributed by atoms with Gasteiger partial charge in [0.25, 0.3) is 5.91 Å². The Kier molecular flexibility index (Phi) is 5.23. The van der Waals surface area contributed by atoms with E-state index in [4.69, 9.17) is 19.7 Å². The van der Waals surface area contributed by atoms with Crippen molar-refractivity contribution in [3.8, 4) is 11.5 Å². The standard InChI is InChI=1S/C17H15NO7/c1-24-13-4-3-9(8-14(13)25-2)15(19)18-12-6-10(16(20)21)5-11(7-12)17(22)23/h3-8H,1-2H3,(H,18,19)(H,20,21)(H,22,23). The van der Waals surface area contributed by atoms with Crippen molar-refractivity contribution >= 4 is 23.5 Å². The van der Waals surface area contributed by atoms with Gasteiger partial charge in [0.15, 0.2) is 11.5 Å². The smallest absolute Gasteiger partial charge is 0.335 e. The van der Waals surface area contributed by atoms with E-state index in [1.807, 2.05) is 0 Å². The Morgan fingerprint density at radius 3 is 1.84 bits per heavy atom. The van der Waals surface area contributed by atoms with Gasteiger partial charge in [-0.1, -0.05) is 0 Å². The Balaban J connectivity index is 2.34. The summed E-state index contributed by atoms with van der Waals surface area (Å²) in [5, 5.41) is 20.6. The molecule has 0 aliphatic rings. The Bertz CT molecular complexity index is 813. The quantitative estimate of drug-likeness (QED) is 0.734. The van der Waals surface area contributed by atoms with E-state index in [1.54, 1.807) is 6.07 Å². The van der Waals surface area contributed by atoms with Gasteiger partial charge in [0, 0.05) is 11.3 Å². The van der Waals surface area contributed by atoms with Gasteiger partial charge in [-0.3, -0.25) is 4.79 Å². The number of carboxylic acids is 2. The van der Waals surface area contributed by atoms with Crippen molar-refractivity contribution in [2.24, 2.45) is 0 Å². The Morgan fingerprint density at radius 1 is 0.800 bits per heavy atom. The highest BCUT2D eigenvalue weighted by Gasteiger charge is 2.15. The maximum atomic E-state index is 12.3. The monoisotopic (exact) mass is 345 g/mol. The lowest BCUT2D eigenvalue weighted by Crippen LogP contribution is -2.14. The van der Waals surface area contributed by atoms with E-state index in [0.29, 0.717) is 11.5 Å². The zero-order valence-electron chi connectivity index (χ0n) is 13.4. The third kappa shape index (κ3) is 4.05. The van der Waals surface area contributed by atoms with Crippen LogP contribution >= 0.6 is 0 Å². The highest BCUT2D eigenvalue weighted by atomic mass is 16.5. The largest absolute Gasteiger partial charge is 0.493 e. The number of amides is 1. The average molecular weight is 345 g/mol. The van der Waals surface area contributed by atoms with Crippen molar-refractivity contribution in [1.29, 1.82) is 0 Å². The van der Waals surface area contributed by atoms with Crippen LogP contribution in [0.5, 0.6) is 11.5 Å². The van der Waals surface area contributed by atoms with Gasteiger partial charge >= 0.3 is 11.9 Å². The lowest BCUT2D eigenvalue weighted by Gasteiger charge is -2.11. The summed E-state index contributed by atoms with van der Waals surface area (Å²) in [5.74, 6) is -2.37. The van der Waals surface area contributed by atoms with Crippen LogP contribution in [-0.4, -0.2) is 42.3 Å². The second-order valence-electron chi connectivity index (χ2n) is 4.93. The zero-order chi connectivity index (χ0) is 18.6. The van der Waals surface area contributed by atoms with Crippen LogP contribution in [0.15, 0.2) is 36.4 Å². The Morgan fingerprint density at radius 2 is 1.36 bits per heavy atom. The van der Waals surface area contributed by atoms with Crippen LogP contribution in [0.3, 0.4) is 0 Å². The molecule has 0 atom stereocenters. The number of methoxy groups -OCH3 is 2. The second kappa shape index (κ2) is 7.35. The van der Waals surface area contributed by atoms with Gasteiger partial charge in [-0.25, -0.2) is 9.59 Å². The van der Waals surface area contributed by atoms with Crippen LogP contribution in [0.2, 0.25) is 0 Å². The van der Waals surface area contributed by atoms with Gasteiger partial charge in [0.1, 0.15) is 0 Å². The van der Waals surface area contributed by atoms with Gasteiger partial charge in [0.05, 0.1) is 25.3 Å². The summed E-state index contributed by atoms with van der Waals surface area (Å²) in [5.41, 5.74) is -0.211. The van der Waals surface area contributed by atoms with E-state index in [1.165, 1.54) is 38.5 Å². The van der Waals surface area contributed by atoms with Gasteiger partial charge in [-0.2, -0.15) is 0 Å². The number of rotatable bonds is 6. The summed E-state index contributed by atoms with van der Waals surface area (Å²) in [6, 6.07) is 7.85. The van der Waals surface area contributed by atoms with E-state index >= 15 is 0 Å². The molecule has 0 aliphatic carbocycles. The SMILES string of the molecule is COc1ccc(C(=O)Nc2cc(C(=O)O)cc(C(=O)O)c2)cc1OC. The number of benzene rings is 2. The zero-order valence-corrected chi connectivity index (χ0v) is 13.4. The number of carbonyl (C=O) groups is 3. The maximum absolute atomic E-state index is 12.3. The number of anilines is 1. The van der Waals surface area contributed by atoms with E-state index in [-0.39, 0.29) is 22.4 Å². The summed E-state index contributed by atoms with van der Waals surface area (Å²) < 4.78 is 10.2. The van der Waals surface area contributed by atoms with Crippen LogP contribution < -0.4 is 14.8 Å². The minimum absolute atomic E-state index is 0.0529. The molecule has 0 unspecified atom stereocenters. The molecule has 1 amide bonds. The first-order chi connectivity index (χ1) is 11.8. The van der Waals surface area contributed by atoms with Crippen LogP contribution in [0.1, 0.15) is 31.1 Å². The Hall–Kier alpha value is -3.55. The van der Waals surface area contributed by atoms with E-state index in [2.05, 4.69) is 5.32 Å². The first kappa shape index (κ1) is 17.8. The van der Waals surface area contributed by atoms with Gasteiger partial charge in [-0.05, 0) is 36.4 Å². The van der Waals surface area contributed by atoms with E-state index < -0.39 is 17.8 Å². The minimum atomic E-state index is -1.30. The number of carboxylic acid groups (broad SMARTS) is 2. The molecule has 0 heterocycles. The fourth-order valence-corrected chi connectivity index (χ4v) is 2.13. The van der Waals surface area contributed by atoms with Crippen molar-refractivity contribution in [2.75, 3.05) is 19.5 Å². The minimum Gasteiger partial charge on any atom is -0.493 e. The molecule has 0 saturated heterocycles. The number of hydrogen-bond acceptors (Lipinski definition) is 5. The van der Waals surface area contributed by atoms with Gasteiger partial charge in [-0.15, -0.1) is 0 Å². The topological polar surface area (TPSA) is 122 Å². The van der Waals surface area contributed by atoms with Crippen molar-refractivity contribution < 1.29 is 34.1 Å². The van der Waals surface area contributed by atoms with Gasteiger partial charge in [0.2, 0.25) is 0 Å². The molecule has 2 rings (SSSR count). The molecule has 8 heteroatoms. The molecule has 0 saturated carbocycles. The van der Waals surface area contributed by atoms with Crippen LogP contribution in [0, 0.1) is 0 Å². The third-order valence-electron chi connectivity index (χ3n) is 3.33. The Labute approximate surface area is 142 Å². The lowest BCUT2D eigenvalue weighted by molar-refractivity contribution is 0.0696. The predicted octanol–water partition coefficient (Wildman–Crippen LogP) is 2.35. The fraction of sp³-hybridized carbons (Fsp3) is 0.118. The highest BCUT2D eigenvalue weighted by Crippen LogP contribution is 2.28. The van der Waals surface area contributed by atoms with Gasteiger partial charge < -0.3 is 25.0 Å². The number of nitrogens with one attached hydrogen (secondary N) is 1. The molecule has 0 aromatic heterocycles. The van der Waals surface area contributed by atoms with Crippen LogP contribution in [0.4, 0.5) is 5.69 Å². The average Bonchev–Trinajstić information content (AvgIpc) is 2.60. The fourth-order valence-electron chi connectivity index (χ4n) is 2.13. The predicted molar refractivity (Wildman–Crippen MR) is 87.9 cm³/mol. The molecule has 2 aromatic carbocycles. The lowest BCUT2D eigenvalue weighted by atomic mass is 10.1. The normalized spacial score (nSPS) is 10.0. The molecular formula is C17H15NO7. The number of carbonyl (C=O) groups excluding carboxylic acids is 1. The maximum Gasteiger partial charge on any atom is 0.335 e. The molecule has 0 radical (unpaired) electrons. The summed E-state index contributed by atoms with van der Waals surface area (Å²) in [4.78, 5) is 34.5. The number of aromatic carboxylic acids is 2. The third-order valence-corrected chi connectivity index (χ3v) is 3.33. The summed E-state index contributed by atoms with van der Waals surface area (Å²) in [6.45, 7) is 0. The molecule has 0 spiro atoms. The molecule has 8 nitrogen and oxygen atoms in total. The molecule has 3 N–H and O–H groups in total. The summed E-state index contributed by atoms with van der Waals surface area (Å²) in [7, 11) is 2.89. The van der Waals surface area contributed by atoms with E-state index in [0.717, 1.165) is 6.07 Å². The number of ether oxygens (including phenoxy) is 2.